The smallest absolute Gasteiger partial charge is 0.333 e. The SMILES string of the molecule is C=C(C)C(=O)OCCCCCCCCCCCCCOC(=O)C(=C)C. The molecule has 0 bridgehead atoms. The van der Waals surface area contributed by atoms with Crippen LogP contribution in [0.4, 0.5) is 0 Å². The fraction of sp³-hybridized carbons (Fsp3) is 0.714. The molecule has 4 nitrogen and oxygen atoms in total. The Hall–Kier alpha value is -1.58. The lowest BCUT2D eigenvalue weighted by Gasteiger charge is -2.05. The molecule has 0 aliphatic rings. The topological polar surface area (TPSA) is 52.6 Å². The molecule has 0 atom stereocenters. The minimum Gasteiger partial charge on any atom is -0.462 e. The first-order valence-electron chi connectivity index (χ1n) is 9.60. The molecule has 144 valence electrons. The summed E-state index contributed by atoms with van der Waals surface area (Å²) < 4.78 is 10.1. The van der Waals surface area contributed by atoms with Crippen LogP contribution in [0.5, 0.6) is 0 Å². The van der Waals surface area contributed by atoms with Crippen LogP contribution in [0.25, 0.3) is 0 Å². The molecule has 0 unspecified atom stereocenters. The zero-order chi connectivity index (χ0) is 18.9. The van der Waals surface area contributed by atoms with Crippen molar-refractivity contribution in [3.8, 4) is 0 Å². The fourth-order valence-electron chi connectivity index (χ4n) is 2.37. The van der Waals surface area contributed by atoms with Crippen LogP contribution in [-0.4, -0.2) is 25.2 Å². The summed E-state index contributed by atoms with van der Waals surface area (Å²) in [6.07, 6.45) is 12.9. The summed E-state index contributed by atoms with van der Waals surface area (Å²) in [4.78, 5) is 22.3. The van der Waals surface area contributed by atoms with Gasteiger partial charge in [0.15, 0.2) is 0 Å². The molecular weight excluding hydrogens is 316 g/mol. The van der Waals surface area contributed by atoms with E-state index in [9.17, 15) is 9.59 Å². The van der Waals surface area contributed by atoms with Gasteiger partial charge in [-0.15, -0.1) is 0 Å². The van der Waals surface area contributed by atoms with Crippen LogP contribution in [0.3, 0.4) is 0 Å². The lowest BCUT2D eigenvalue weighted by molar-refractivity contribution is -0.139. The molecule has 0 rings (SSSR count). The number of ether oxygens (including phenoxy) is 2. The third-order valence-corrected chi connectivity index (χ3v) is 3.95. The van der Waals surface area contributed by atoms with Crippen LogP contribution in [-0.2, 0) is 19.1 Å². The second-order valence-corrected chi connectivity index (χ2v) is 6.72. The van der Waals surface area contributed by atoms with Crippen LogP contribution in [0.15, 0.2) is 24.3 Å². The molecule has 0 amide bonds. The van der Waals surface area contributed by atoms with Crippen molar-refractivity contribution in [1.29, 1.82) is 0 Å². The largest absolute Gasteiger partial charge is 0.462 e. The van der Waals surface area contributed by atoms with Gasteiger partial charge in [0.25, 0.3) is 0 Å². The van der Waals surface area contributed by atoms with Crippen molar-refractivity contribution >= 4 is 11.9 Å². The van der Waals surface area contributed by atoms with Gasteiger partial charge in [-0.2, -0.15) is 0 Å². The Balaban J connectivity index is 3.17. The van der Waals surface area contributed by atoms with Crippen molar-refractivity contribution in [2.24, 2.45) is 0 Å². The molecule has 4 heteroatoms. The first-order valence-corrected chi connectivity index (χ1v) is 9.60. The molecule has 0 aromatic rings. The minimum atomic E-state index is -0.283. The molecule has 0 fully saturated rings. The van der Waals surface area contributed by atoms with Crippen molar-refractivity contribution < 1.29 is 19.1 Å². The van der Waals surface area contributed by atoms with Crippen LogP contribution in [0.1, 0.15) is 84.5 Å². The predicted molar refractivity (Wildman–Crippen MR) is 102 cm³/mol. The molecule has 0 saturated heterocycles. The van der Waals surface area contributed by atoms with E-state index in [4.69, 9.17) is 9.47 Å². The van der Waals surface area contributed by atoms with Crippen LogP contribution in [0, 0.1) is 0 Å². The van der Waals surface area contributed by atoms with Crippen LogP contribution < -0.4 is 0 Å². The second kappa shape index (κ2) is 15.9. The first kappa shape index (κ1) is 23.4. The van der Waals surface area contributed by atoms with Gasteiger partial charge < -0.3 is 9.47 Å². The Bertz CT molecular complexity index is 374. The minimum absolute atomic E-state index is 0.283. The molecule has 0 aliphatic heterocycles. The zero-order valence-corrected chi connectivity index (χ0v) is 16.2. The summed E-state index contributed by atoms with van der Waals surface area (Å²) in [7, 11) is 0. The van der Waals surface area contributed by atoms with E-state index in [2.05, 4.69) is 13.2 Å². The van der Waals surface area contributed by atoms with E-state index in [1.807, 2.05) is 0 Å². The maximum atomic E-state index is 11.2. The Morgan fingerprint density at radius 1 is 0.560 bits per heavy atom. The monoisotopic (exact) mass is 352 g/mol. The van der Waals surface area contributed by atoms with Crippen molar-refractivity contribution in [2.75, 3.05) is 13.2 Å². The Kier molecular flexibility index (Phi) is 14.9. The van der Waals surface area contributed by atoms with E-state index in [1.165, 1.54) is 44.9 Å². The van der Waals surface area contributed by atoms with E-state index in [0.29, 0.717) is 24.4 Å². The number of unbranched alkanes of at least 4 members (excludes halogenated alkanes) is 10. The fourth-order valence-corrected chi connectivity index (χ4v) is 2.37. The molecule has 25 heavy (non-hydrogen) atoms. The molecule has 0 aliphatic carbocycles. The maximum Gasteiger partial charge on any atom is 0.333 e. The average Bonchev–Trinajstić information content (AvgIpc) is 2.57. The van der Waals surface area contributed by atoms with E-state index in [0.717, 1.165) is 25.7 Å². The van der Waals surface area contributed by atoms with Crippen LogP contribution >= 0.6 is 0 Å². The van der Waals surface area contributed by atoms with Crippen molar-refractivity contribution in [3.63, 3.8) is 0 Å². The third kappa shape index (κ3) is 15.7. The van der Waals surface area contributed by atoms with Gasteiger partial charge >= 0.3 is 11.9 Å². The van der Waals surface area contributed by atoms with E-state index in [-0.39, 0.29) is 11.9 Å². The Morgan fingerprint density at radius 2 is 0.800 bits per heavy atom. The van der Waals surface area contributed by atoms with Gasteiger partial charge in [0.1, 0.15) is 0 Å². The highest BCUT2D eigenvalue weighted by molar-refractivity contribution is 5.87. The summed E-state index contributed by atoms with van der Waals surface area (Å²) in [6.45, 7) is 11.5. The van der Waals surface area contributed by atoms with Crippen LogP contribution in [0.2, 0.25) is 0 Å². The van der Waals surface area contributed by atoms with Crippen molar-refractivity contribution in [3.05, 3.63) is 24.3 Å². The van der Waals surface area contributed by atoms with Gasteiger partial charge in [-0.25, -0.2) is 9.59 Å². The Labute approximate surface area is 153 Å². The molecular formula is C21H36O4. The standard InChI is InChI=1S/C21H36O4/c1-18(2)20(22)24-16-14-12-10-8-6-5-7-9-11-13-15-17-25-21(23)19(3)4/h1,3,5-17H2,2,4H3. The summed E-state index contributed by atoms with van der Waals surface area (Å²) in [5, 5.41) is 0. The molecule has 0 saturated carbocycles. The third-order valence-electron chi connectivity index (χ3n) is 3.95. The number of carbonyl (C=O) groups excluding carboxylic acids is 2. The lowest BCUT2D eigenvalue weighted by Crippen LogP contribution is -2.06. The van der Waals surface area contributed by atoms with E-state index in [1.54, 1.807) is 13.8 Å². The van der Waals surface area contributed by atoms with E-state index < -0.39 is 0 Å². The molecule has 0 spiro atoms. The maximum absolute atomic E-state index is 11.2. The van der Waals surface area contributed by atoms with Gasteiger partial charge in [-0.3, -0.25) is 0 Å². The highest BCUT2D eigenvalue weighted by atomic mass is 16.5. The van der Waals surface area contributed by atoms with Gasteiger partial charge in [0.2, 0.25) is 0 Å². The number of hydrogen-bond donors (Lipinski definition) is 0. The number of rotatable bonds is 16. The second-order valence-electron chi connectivity index (χ2n) is 6.72. The van der Waals surface area contributed by atoms with Crippen molar-refractivity contribution in [1.82, 2.24) is 0 Å². The number of esters is 2. The molecule has 0 heterocycles. The van der Waals surface area contributed by atoms with Crippen molar-refractivity contribution in [2.45, 2.75) is 84.5 Å². The predicted octanol–water partition coefficient (Wildman–Crippen LogP) is 5.52. The average molecular weight is 353 g/mol. The number of hydrogen-bond acceptors (Lipinski definition) is 4. The molecule has 0 radical (unpaired) electrons. The van der Waals surface area contributed by atoms with E-state index >= 15 is 0 Å². The zero-order valence-electron chi connectivity index (χ0n) is 16.2. The van der Waals surface area contributed by atoms with Gasteiger partial charge in [0, 0.05) is 11.1 Å². The quantitative estimate of drug-likeness (QED) is 0.209. The number of carbonyl (C=O) groups is 2. The summed E-state index contributed by atoms with van der Waals surface area (Å²) in [6, 6.07) is 0. The Morgan fingerprint density at radius 3 is 1.04 bits per heavy atom. The van der Waals surface area contributed by atoms with Gasteiger partial charge in [-0.1, -0.05) is 70.9 Å². The normalized spacial score (nSPS) is 10.3. The summed E-state index contributed by atoms with van der Waals surface area (Å²) in [5.41, 5.74) is 0.931. The molecule has 0 N–H and O–H groups in total. The lowest BCUT2D eigenvalue weighted by atomic mass is 10.1. The van der Waals surface area contributed by atoms with Gasteiger partial charge in [-0.05, 0) is 26.7 Å². The summed E-state index contributed by atoms with van der Waals surface area (Å²) in [5.74, 6) is -0.567. The van der Waals surface area contributed by atoms with Gasteiger partial charge in [0.05, 0.1) is 13.2 Å². The first-order chi connectivity index (χ1) is 11.9. The molecule has 0 aromatic carbocycles. The summed E-state index contributed by atoms with van der Waals surface area (Å²) >= 11 is 0. The highest BCUT2D eigenvalue weighted by Crippen LogP contribution is 2.11. The highest BCUT2D eigenvalue weighted by Gasteiger charge is 2.02. The molecule has 0 aromatic heterocycles.